The number of nitrogens with two attached hydrogens (primary N) is 1. The molecular formula is C9H19NO2. The predicted molar refractivity (Wildman–Crippen MR) is 47.8 cm³/mol. The third-order valence-corrected chi connectivity index (χ3v) is 2.59. The molecule has 1 aliphatic heterocycles. The van der Waals surface area contributed by atoms with Gasteiger partial charge in [-0.15, -0.1) is 0 Å². The Morgan fingerprint density at radius 3 is 2.58 bits per heavy atom. The molecule has 0 bridgehead atoms. The van der Waals surface area contributed by atoms with Gasteiger partial charge in [0.2, 0.25) is 0 Å². The zero-order valence-electron chi connectivity index (χ0n) is 7.92. The molecule has 0 saturated carbocycles. The fraction of sp³-hybridized carbons (Fsp3) is 1.00. The normalized spacial score (nSPS) is 33.8. The van der Waals surface area contributed by atoms with E-state index in [1.165, 1.54) is 0 Å². The van der Waals surface area contributed by atoms with Gasteiger partial charge < -0.3 is 15.6 Å². The lowest BCUT2D eigenvalue weighted by Crippen LogP contribution is -2.55. The maximum absolute atomic E-state index is 10.1. The minimum Gasteiger partial charge on any atom is -0.386 e. The molecule has 1 fully saturated rings. The molecule has 72 valence electrons. The van der Waals surface area contributed by atoms with E-state index in [1.807, 2.05) is 13.8 Å². The first-order valence-corrected chi connectivity index (χ1v) is 4.62. The maximum Gasteiger partial charge on any atom is 0.103 e. The van der Waals surface area contributed by atoms with Gasteiger partial charge in [-0.2, -0.15) is 0 Å². The van der Waals surface area contributed by atoms with E-state index in [4.69, 9.17) is 10.5 Å². The molecule has 0 amide bonds. The molecule has 2 unspecified atom stereocenters. The molecule has 1 aliphatic rings. The summed E-state index contributed by atoms with van der Waals surface area (Å²) in [6.45, 7) is 5.20. The van der Waals surface area contributed by atoms with Gasteiger partial charge in [-0.1, -0.05) is 13.8 Å². The number of ether oxygens (including phenoxy) is 1. The molecule has 0 aromatic heterocycles. The van der Waals surface area contributed by atoms with Gasteiger partial charge >= 0.3 is 0 Å². The van der Waals surface area contributed by atoms with Gasteiger partial charge in [0.1, 0.15) is 5.60 Å². The number of rotatable bonds is 2. The standard InChI is InChI=1S/C9H19NO2/c1-7(2)8(10)9(11)4-3-5-12-6-9/h7-8,11H,3-6,10H2,1-2H3. The van der Waals surface area contributed by atoms with E-state index in [-0.39, 0.29) is 6.04 Å². The smallest absolute Gasteiger partial charge is 0.103 e. The highest BCUT2D eigenvalue weighted by Gasteiger charge is 2.37. The number of aliphatic hydroxyl groups is 1. The molecule has 0 aromatic carbocycles. The first-order chi connectivity index (χ1) is 5.56. The average Bonchev–Trinajstić information content (AvgIpc) is 2.04. The van der Waals surface area contributed by atoms with Gasteiger partial charge in [-0.3, -0.25) is 0 Å². The molecule has 12 heavy (non-hydrogen) atoms. The highest BCUT2D eigenvalue weighted by Crippen LogP contribution is 2.25. The first kappa shape index (κ1) is 9.96. The first-order valence-electron chi connectivity index (χ1n) is 4.62. The Hall–Kier alpha value is -0.120. The summed E-state index contributed by atoms with van der Waals surface area (Å²) in [6.07, 6.45) is 1.68. The second-order valence-corrected chi connectivity index (χ2v) is 4.03. The summed E-state index contributed by atoms with van der Waals surface area (Å²) in [5, 5.41) is 10.1. The molecule has 3 heteroatoms. The quantitative estimate of drug-likeness (QED) is 0.639. The summed E-state index contributed by atoms with van der Waals surface area (Å²) in [5.74, 6) is 0.302. The van der Waals surface area contributed by atoms with E-state index < -0.39 is 5.60 Å². The van der Waals surface area contributed by atoms with Crippen LogP contribution >= 0.6 is 0 Å². The molecule has 1 heterocycles. The van der Waals surface area contributed by atoms with Crippen LogP contribution in [-0.4, -0.2) is 30.0 Å². The van der Waals surface area contributed by atoms with Gasteiger partial charge in [-0.25, -0.2) is 0 Å². The molecule has 0 aliphatic carbocycles. The Morgan fingerprint density at radius 1 is 1.50 bits per heavy atom. The molecule has 3 N–H and O–H groups in total. The van der Waals surface area contributed by atoms with E-state index >= 15 is 0 Å². The summed E-state index contributed by atoms with van der Waals surface area (Å²) in [4.78, 5) is 0. The van der Waals surface area contributed by atoms with Crippen molar-refractivity contribution < 1.29 is 9.84 Å². The summed E-state index contributed by atoms with van der Waals surface area (Å²) in [6, 6.07) is -0.169. The Balaban J connectivity index is 2.56. The molecule has 0 radical (unpaired) electrons. The van der Waals surface area contributed by atoms with Crippen LogP contribution in [0.4, 0.5) is 0 Å². The van der Waals surface area contributed by atoms with Crippen molar-refractivity contribution in [2.75, 3.05) is 13.2 Å². The van der Waals surface area contributed by atoms with Crippen LogP contribution in [0.25, 0.3) is 0 Å². The van der Waals surface area contributed by atoms with Crippen molar-refractivity contribution in [3.63, 3.8) is 0 Å². The lowest BCUT2D eigenvalue weighted by Gasteiger charge is -2.38. The second-order valence-electron chi connectivity index (χ2n) is 4.03. The molecule has 0 aromatic rings. The fourth-order valence-electron chi connectivity index (χ4n) is 1.68. The van der Waals surface area contributed by atoms with Crippen LogP contribution in [0, 0.1) is 5.92 Å². The Kier molecular flexibility index (Phi) is 3.09. The van der Waals surface area contributed by atoms with E-state index in [2.05, 4.69) is 0 Å². The maximum atomic E-state index is 10.1. The molecule has 1 saturated heterocycles. The van der Waals surface area contributed by atoms with Crippen molar-refractivity contribution in [1.82, 2.24) is 0 Å². The van der Waals surface area contributed by atoms with Crippen LogP contribution in [0.2, 0.25) is 0 Å². The lowest BCUT2D eigenvalue weighted by atomic mass is 9.83. The van der Waals surface area contributed by atoms with Gasteiger partial charge in [0.25, 0.3) is 0 Å². The Morgan fingerprint density at radius 2 is 2.17 bits per heavy atom. The van der Waals surface area contributed by atoms with Crippen LogP contribution in [0.3, 0.4) is 0 Å². The number of hydrogen-bond acceptors (Lipinski definition) is 3. The summed E-state index contributed by atoms with van der Waals surface area (Å²) in [7, 11) is 0. The van der Waals surface area contributed by atoms with Gasteiger partial charge in [-0.05, 0) is 18.8 Å². The van der Waals surface area contributed by atoms with Crippen LogP contribution < -0.4 is 5.73 Å². The average molecular weight is 173 g/mol. The summed E-state index contributed by atoms with van der Waals surface area (Å²) < 4.78 is 5.23. The minimum atomic E-state index is -0.785. The van der Waals surface area contributed by atoms with E-state index in [9.17, 15) is 5.11 Å². The highest BCUT2D eigenvalue weighted by molar-refractivity contribution is 4.92. The monoisotopic (exact) mass is 173 g/mol. The summed E-state index contributed by atoms with van der Waals surface area (Å²) in [5.41, 5.74) is 5.11. The second kappa shape index (κ2) is 3.73. The Labute approximate surface area is 73.9 Å². The van der Waals surface area contributed by atoms with Gasteiger partial charge in [0.05, 0.1) is 6.61 Å². The van der Waals surface area contributed by atoms with Crippen LogP contribution in [0.1, 0.15) is 26.7 Å². The third kappa shape index (κ3) is 1.97. The summed E-state index contributed by atoms with van der Waals surface area (Å²) >= 11 is 0. The zero-order chi connectivity index (χ0) is 9.19. The van der Waals surface area contributed by atoms with Crippen molar-refractivity contribution in [1.29, 1.82) is 0 Å². The molecule has 3 nitrogen and oxygen atoms in total. The zero-order valence-corrected chi connectivity index (χ0v) is 7.92. The molecule has 0 spiro atoms. The van der Waals surface area contributed by atoms with Crippen LogP contribution in [0.5, 0.6) is 0 Å². The minimum absolute atomic E-state index is 0.169. The van der Waals surface area contributed by atoms with E-state index in [0.29, 0.717) is 12.5 Å². The SMILES string of the molecule is CC(C)C(N)C1(O)CCCOC1. The van der Waals surface area contributed by atoms with E-state index in [0.717, 1.165) is 19.4 Å². The van der Waals surface area contributed by atoms with Gasteiger partial charge in [0, 0.05) is 12.6 Å². The number of hydrogen-bond donors (Lipinski definition) is 2. The topological polar surface area (TPSA) is 55.5 Å². The van der Waals surface area contributed by atoms with Crippen molar-refractivity contribution >= 4 is 0 Å². The van der Waals surface area contributed by atoms with Crippen molar-refractivity contribution in [3.8, 4) is 0 Å². The Bertz CT molecular complexity index is 141. The third-order valence-electron chi connectivity index (χ3n) is 2.59. The molecular weight excluding hydrogens is 154 g/mol. The van der Waals surface area contributed by atoms with Crippen molar-refractivity contribution in [3.05, 3.63) is 0 Å². The van der Waals surface area contributed by atoms with E-state index in [1.54, 1.807) is 0 Å². The fourth-order valence-corrected chi connectivity index (χ4v) is 1.68. The van der Waals surface area contributed by atoms with Gasteiger partial charge in [0.15, 0.2) is 0 Å². The highest BCUT2D eigenvalue weighted by atomic mass is 16.5. The van der Waals surface area contributed by atoms with Crippen molar-refractivity contribution in [2.45, 2.75) is 38.3 Å². The molecule has 1 rings (SSSR count). The van der Waals surface area contributed by atoms with Crippen molar-refractivity contribution in [2.24, 2.45) is 11.7 Å². The largest absolute Gasteiger partial charge is 0.386 e. The van der Waals surface area contributed by atoms with Crippen LogP contribution in [-0.2, 0) is 4.74 Å². The lowest BCUT2D eigenvalue weighted by molar-refractivity contribution is -0.106. The predicted octanol–water partition coefficient (Wildman–Crippen LogP) is 0.511. The molecule has 2 atom stereocenters. The van der Waals surface area contributed by atoms with Crippen LogP contribution in [0.15, 0.2) is 0 Å².